The Morgan fingerprint density at radius 2 is 1.54 bits per heavy atom. The fourth-order valence-corrected chi connectivity index (χ4v) is 5.38. The summed E-state index contributed by atoms with van der Waals surface area (Å²) in [5.74, 6) is -0.0905. The van der Waals surface area contributed by atoms with Gasteiger partial charge < -0.3 is 19.5 Å². The van der Waals surface area contributed by atoms with Gasteiger partial charge in [0.05, 0.1) is 55.3 Å². The van der Waals surface area contributed by atoms with E-state index in [1.54, 1.807) is 42.5 Å². The smallest absolute Gasteiger partial charge is 0.416 e. The molecule has 2 unspecified atom stereocenters. The average Bonchev–Trinajstić information content (AvgIpc) is 3.04. The minimum absolute atomic E-state index is 0.0323. The standard InChI is InChI=1S/C34H29ClF6N2O5/c1-18-11-21(32(46)48-4)5-7-25(18)20-6-9-29(47-3)27(14-20)26-8-10-30(35)42-28(26)16-43(17-44)19(2)31(45)22-12-23(33(36,37)38)15-24(13-22)34(39,40)41/h5-15,17,19,31,45H,16H2,1-4H3. The molecule has 48 heavy (non-hydrogen) atoms. The molecule has 4 aromatic rings. The number of carbonyl (C=O) groups is 2. The number of amides is 1. The second-order valence-electron chi connectivity index (χ2n) is 10.9. The van der Waals surface area contributed by atoms with Gasteiger partial charge in [0, 0.05) is 11.1 Å². The molecule has 1 N–H and O–H groups in total. The van der Waals surface area contributed by atoms with Gasteiger partial charge in [-0.15, -0.1) is 0 Å². The lowest BCUT2D eigenvalue weighted by Crippen LogP contribution is -2.36. The van der Waals surface area contributed by atoms with E-state index in [1.165, 1.54) is 27.2 Å². The minimum atomic E-state index is -5.13. The number of methoxy groups -OCH3 is 2. The normalized spacial score (nSPS) is 13.1. The van der Waals surface area contributed by atoms with Crippen molar-refractivity contribution in [2.45, 2.75) is 44.9 Å². The van der Waals surface area contributed by atoms with Crippen molar-refractivity contribution < 1.29 is 50.5 Å². The number of alkyl halides is 6. The van der Waals surface area contributed by atoms with E-state index >= 15 is 0 Å². The maximum Gasteiger partial charge on any atom is 0.416 e. The Hall–Kier alpha value is -4.62. The van der Waals surface area contributed by atoms with Crippen LogP contribution in [-0.2, 0) is 28.4 Å². The van der Waals surface area contributed by atoms with Gasteiger partial charge in [-0.1, -0.05) is 23.7 Å². The lowest BCUT2D eigenvalue weighted by Gasteiger charge is -2.30. The number of pyridine rings is 1. The van der Waals surface area contributed by atoms with Gasteiger partial charge in [0.2, 0.25) is 6.41 Å². The van der Waals surface area contributed by atoms with Crippen LogP contribution in [0.5, 0.6) is 5.75 Å². The molecule has 4 rings (SSSR count). The highest BCUT2D eigenvalue weighted by Gasteiger charge is 2.38. The van der Waals surface area contributed by atoms with Gasteiger partial charge in [0.25, 0.3) is 0 Å². The monoisotopic (exact) mass is 694 g/mol. The van der Waals surface area contributed by atoms with E-state index in [2.05, 4.69) is 4.98 Å². The molecule has 0 aliphatic heterocycles. The quantitative estimate of drug-likeness (QED) is 0.0778. The summed E-state index contributed by atoms with van der Waals surface area (Å²) in [7, 11) is 2.72. The second kappa shape index (κ2) is 14.2. The van der Waals surface area contributed by atoms with E-state index in [1.807, 2.05) is 6.92 Å². The van der Waals surface area contributed by atoms with Crippen molar-refractivity contribution in [1.29, 1.82) is 0 Å². The van der Waals surface area contributed by atoms with Crippen LogP contribution in [0.4, 0.5) is 26.3 Å². The average molecular weight is 695 g/mol. The summed E-state index contributed by atoms with van der Waals surface area (Å²) < 4.78 is 91.2. The molecule has 3 aromatic carbocycles. The van der Waals surface area contributed by atoms with Crippen LogP contribution < -0.4 is 4.74 Å². The first-order valence-electron chi connectivity index (χ1n) is 14.2. The summed E-state index contributed by atoms with van der Waals surface area (Å²) in [5, 5.41) is 11.0. The molecule has 2 atom stereocenters. The van der Waals surface area contributed by atoms with Crippen molar-refractivity contribution >= 4 is 24.0 Å². The van der Waals surface area contributed by atoms with Crippen LogP contribution in [0.25, 0.3) is 22.3 Å². The largest absolute Gasteiger partial charge is 0.496 e. The number of aliphatic hydroxyl groups excluding tert-OH is 1. The zero-order chi connectivity index (χ0) is 35.6. The number of nitrogens with zero attached hydrogens (tertiary/aromatic N) is 2. The summed E-state index contributed by atoms with van der Waals surface area (Å²) in [6.07, 6.45) is -11.9. The number of rotatable bonds is 10. The van der Waals surface area contributed by atoms with Crippen molar-refractivity contribution in [3.63, 3.8) is 0 Å². The zero-order valence-corrected chi connectivity index (χ0v) is 26.7. The van der Waals surface area contributed by atoms with Crippen LogP contribution in [0, 0.1) is 6.92 Å². The lowest BCUT2D eigenvalue weighted by molar-refractivity contribution is -0.143. The molecule has 7 nitrogen and oxygen atoms in total. The van der Waals surface area contributed by atoms with Gasteiger partial charge in [0.1, 0.15) is 10.9 Å². The Morgan fingerprint density at radius 1 is 0.917 bits per heavy atom. The van der Waals surface area contributed by atoms with Gasteiger partial charge in [-0.2, -0.15) is 26.3 Å². The van der Waals surface area contributed by atoms with Gasteiger partial charge in [-0.25, -0.2) is 9.78 Å². The van der Waals surface area contributed by atoms with E-state index in [0.717, 1.165) is 21.6 Å². The summed E-state index contributed by atoms with van der Waals surface area (Å²) in [6, 6.07) is 12.9. The molecule has 0 saturated heterocycles. The number of carbonyl (C=O) groups excluding carboxylic acids is 2. The van der Waals surface area contributed by atoms with Crippen LogP contribution >= 0.6 is 11.6 Å². The first-order valence-corrected chi connectivity index (χ1v) is 14.6. The Bertz CT molecular complexity index is 1800. The number of hydrogen-bond donors (Lipinski definition) is 1. The molecular weight excluding hydrogens is 666 g/mol. The number of ether oxygens (including phenoxy) is 2. The maximum absolute atomic E-state index is 13.5. The zero-order valence-electron chi connectivity index (χ0n) is 25.9. The Kier molecular flexibility index (Phi) is 10.7. The van der Waals surface area contributed by atoms with Crippen LogP contribution in [0.15, 0.2) is 66.7 Å². The summed E-state index contributed by atoms with van der Waals surface area (Å²) in [6.45, 7) is 2.75. The molecule has 0 spiro atoms. The van der Waals surface area contributed by atoms with Crippen LogP contribution in [0.2, 0.25) is 5.15 Å². The van der Waals surface area contributed by atoms with Crippen LogP contribution in [0.3, 0.4) is 0 Å². The van der Waals surface area contributed by atoms with Crippen molar-refractivity contribution in [3.05, 3.63) is 105 Å². The number of benzene rings is 3. The maximum atomic E-state index is 13.5. The minimum Gasteiger partial charge on any atom is -0.496 e. The van der Waals surface area contributed by atoms with Gasteiger partial charge >= 0.3 is 18.3 Å². The van der Waals surface area contributed by atoms with E-state index in [9.17, 15) is 41.0 Å². The van der Waals surface area contributed by atoms with Crippen molar-refractivity contribution in [1.82, 2.24) is 9.88 Å². The predicted octanol–water partition coefficient (Wildman–Crippen LogP) is 8.29. The SMILES string of the molecule is COC(=O)c1ccc(-c2ccc(OC)c(-c3ccc(Cl)nc3CN(C=O)C(C)C(O)c3cc(C(F)(F)F)cc(C(F)(F)F)c3)c2)c(C)c1. The fraction of sp³-hybridized carbons (Fsp3) is 0.265. The third-order valence-electron chi connectivity index (χ3n) is 7.79. The van der Waals surface area contributed by atoms with Gasteiger partial charge in [-0.05, 0) is 90.7 Å². The Morgan fingerprint density at radius 3 is 2.08 bits per heavy atom. The molecule has 0 aliphatic rings. The van der Waals surface area contributed by atoms with Gasteiger partial charge in [-0.3, -0.25) is 4.79 Å². The van der Waals surface area contributed by atoms with E-state index in [0.29, 0.717) is 41.0 Å². The number of aliphatic hydroxyl groups is 1. The molecule has 1 aromatic heterocycles. The molecule has 254 valence electrons. The summed E-state index contributed by atoms with van der Waals surface area (Å²) >= 11 is 6.21. The van der Waals surface area contributed by atoms with Crippen LogP contribution in [-0.4, -0.2) is 47.6 Å². The first kappa shape index (κ1) is 36.2. The number of aryl methyl sites for hydroxylation is 1. The molecule has 1 heterocycles. The fourth-order valence-electron chi connectivity index (χ4n) is 5.22. The van der Waals surface area contributed by atoms with E-state index in [-0.39, 0.29) is 23.5 Å². The van der Waals surface area contributed by atoms with E-state index in [4.69, 9.17) is 21.1 Å². The Labute approximate surface area is 276 Å². The molecular formula is C34H29ClF6N2O5. The predicted molar refractivity (Wildman–Crippen MR) is 165 cm³/mol. The van der Waals surface area contributed by atoms with E-state index < -0.39 is 47.2 Å². The second-order valence-corrected chi connectivity index (χ2v) is 11.3. The molecule has 0 aliphatic carbocycles. The third kappa shape index (κ3) is 7.91. The highest BCUT2D eigenvalue weighted by Crippen LogP contribution is 2.40. The summed E-state index contributed by atoms with van der Waals surface area (Å²) in [4.78, 5) is 29.7. The van der Waals surface area contributed by atoms with Gasteiger partial charge in [0.15, 0.2) is 0 Å². The molecule has 0 saturated carbocycles. The summed E-state index contributed by atoms with van der Waals surface area (Å²) in [5.41, 5.74) is -0.105. The lowest BCUT2D eigenvalue weighted by atomic mass is 9.93. The molecule has 14 heteroatoms. The van der Waals surface area contributed by atoms with Crippen molar-refractivity contribution in [3.8, 4) is 28.0 Å². The van der Waals surface area contributed by atoms with Crippen molar-refractivity contribution in [2.24, 2.45) is 0 Å². The third-order valence-corrected chi connectivity index (χ3v) is 8.00. The molecule has 1 amide bonds. The molecule has 0 bridgehead atoms. The Balaban J connectivity index is 1.75. The number of aromatic nitrogens is 1. The van der Waals surface area contributed by atoms with Crippen molar-refractivity contribution in [2.75, 3.05) is 14.2 Å². The number of esters is 1. The van der Waals surface area contributed by atoms with Crippen LogP contribution in [0.1, 0.15) is 51.3 Å². The molecule has 0 fully saturated rings. The number of hydrogen-bond acceptors (Lipinski definition) is 6. The molecule has 0 radical (unpaired) electrons. The highest BCUT2D eigenvalue weighted by molar-refractivity contribution is 6.29. The highest BCUT2D eigenvalue weighted by atomic mass is 35.5. The topological polar surface area (TPSA) is 89.0 Å². The number of halogens is 7. The first-order chi connectivity index (χ1) is 22.5.